The Morgan fingerprint density at radius 2 is 2.20 bits per heavy atom. The Labute approximate surface area is 117 Å². The van der Waals surface area contributed by atoms with Crippen LogP contribution < -0.4 is 10.0 Å². The lowest BCUT2D eigenvalue weighted by atomic mass is 10.3. The third kappa shape index (κ3) is 3.27. The predicted octanol–water partition coefficient (Wildman–Crippen LogP) is 0.899. The fourth-order valence-electron chi connectivity index (χ4n) is 1.84. The zero-order valence-electron chi connectivity index (χ0n) is 11.4. The van der Waals surface area contributed by atoms with Gasteiger partial charge in [0.2, 0.25) is 10.0 Å². The Balaban J connectivity index is 2.18. The maximum absolute atomic E-state index is 12.4. The van der Waals surface area contributed by atoms with Crippen molar-refractivity contribution >= 4 is 10.0 Å². The lowest BCUT2D eigenvalue weighted by molar-refractivity contribution is 0.498. The van der Waals surface area contributed by atoms with Crippen molar-refractivity contribution < 1.29 is 12.8 Å². The van der Waals surface area contributed by atoms with Crippen molar-refractivity contribution in [3.63, 3.8) is 0 Å². The molecule has 2 heterocycles. The fourth-order valence-corrected chi connectivity index (χ4v) is 3.19. The molecule has 0 amide bonds. The van der Waals surface area contributed by atoms with Crippen molar-refractivity contribution in [2.24, 2.45) is 0 Å². The van der Waals surface area contributed by atoms with E-state index in [0.717, 1.165) is 6.54 Å². The van der Waals surface area contributed by atoms with Crippen LogP contribution in [0.5, 0.6) is 0 Å². The second-order valence-electron chi connectivity index (χ2n) is 4.31. The molecule has 0 saturated heterocycles. The van der Waals surface area contributed by atoms with E-state index in [1.54, 1.807) is 19.1 Å². The number of rotatable bonds is 7. The van der Waals surface area contributed by atoms with Crippen molar-refractivity contribution in [3.05, 3.63) is 35.5 Å². The molecular formula is C12H18N4O3S. The number of nitrogens with one attached hydrogen (secondary N) is 3. The maximum Gasteiger partial charge on any atom is 0.244 e. The molecule has 2 rings (SSSR count). The van der Waals surface area contributed by atoms with Crippen molar-refractivity contribution in [1.29, 1.82) is 0 Å². The van der Waals surface area contributed by atoms with E-state index in [1.165, 1.54) is 6.26 Å². The molecule has 2 aromatic heterocycles. The van der Waals surface area contributed by atoms with Gasteiger partial charge in [0.1, 0.15) is 10.7 Å². The van der Waals surface area contributed by atoms with Crippen LogP contribution in [0.25, 0.3) is 0 Å². The van der Waals surface area contributed by atoms with Crippen LogP contribution in [-0.2, 0) is 23.1 Å². The molecule has 7 nitrogen and oxygen atoms in total. The van der Waals surface area contributed by atoms with Gasteiger partial charge in [-0.3, -0.25) is 5.10 Å². The van der Waals surface area contributed by atoms with Gasteiger partial charge in [0.25, 0.3) is 0 Å². The van der Waals surface area contributed by atoms with E-state index in [9.17, 15) is 8.42 Å². The smallest absolute Gasteiger partial charge is 0.244 e. The number of aryl methyl sites for hydroxylation is 1. The van der Waals surface area contributed by atoms with Crippen LogP contribution in [0.3, 0.4) is 0 Å². The minimum Gasteiger partial charge on any atom is -0.468 e. The second kappa shape index (κ2) is 6.21. The van der Waals surface area contributed by atoms with Gasteiger partial charge >= 0.3 is 0 Å². The lowest BCUT2D eigenvalue weighted by Gasteiger charge is -2.07. The molecule has 2 aromatic rings. The van der Waals surface area contributed by atoms with Gasteiger partial charge in [-0.1, -0.05) is 6.92 Å². The number of aromatic amines is 1. The summed E-state index contributed by atoms with van der Waals surface area (Å²) < 4.78 is 32.3. The van der Waals surface area contributed by atoms with Gasteiger partial charge in [-0.25, -0.2) is 13.1 Å². The van der Waals surface area contributed by atoms with Crippen LogP contribution in [0.2, 0.25) is 0 Å². The molecule has 0 spiro atoms. The summed E-state index contributed by atoms with van der Waals surface area (Å²) in [5, 5.41) is 9.81. The highest BCUT2D eigenvalue weighted by Crippen LogP contribution is 2.17. The van der Waals surface area contributed by atoms with Crippen molar-refractivity contribution in [2.75, 3.05) is 6.54 Å². The molecule has 0 aliphatic heterocycles. The highest BCUT2D eigenvalue weighted by atomic mass is 32.2. The SMILES string of the molecule is CCNCc1n[nH]c(C)c1S(=O)(=O)NCc1ccco1. The van der Waals surface area contributed by atoms with E-state index in [4.69, 9.17) is 4.42 Å². The zero-order chi connectivity index (χ0) is 14.6. The quantitative estimate of drug-likeness (QED) is 0.705. The molecule has 0 fully saturated rings. The van der Waals surface area contributed by atoms with Gasteiger partial charge in [-0.15, -0.1) is 0 Å². The first-order chi connectivity index (χ1) is 9.54. The van der Waals surface area contributed by atoms with E-state index in [1.807, 2.05) is 6.92 Å². The Kier molecular flexibility index (Phi) is 4.58. The van der Waals surface area contributed by atoms with Crippen molar-refractivity contribution in [2.45, 2.75) is 31.8 Å². The number of hydrogen-bond donors (Lipinski definition) is 3. The minimum atomic E-state index is -3.63. The molecule has 0 bridgehead atoms. The molecule has 0 aromatic carbocycles. The maximum atomic E-state index is 12.4. The summed E-state index contributed by atoms with van der Waals surface area (Å²) in [6.45, 7) is 4.89. The number of furan rings is 1. The topological polar surface area (TPSA) is 100 Å². The monoisotopic (exact) mass is 298 g/mol. The van der Waals surface area contributed by atoms with Gasteiger partial charge in [-0.2, -0.15) is 5.10 Å². The largest absolute Gasteiger partial charge is 0.468 e. The van der Waals surface area contributed by atoms with E-state index >= 15 is 0 Å². The summed E-state index contributed by atoms with van der Waals surface area (Å²) in [5.74, 6) is 0.558. The predicted molar refractivity (Wildman–Crippen MR) is 73.4 cm³/mol. The molecular weight excluding hydrogens is 280 g/mol. The summed E-state index contributed by atoms with van der Waals surface area (Å²) in [4.78, 5) is 0.199. The Hall–Kier alpha value is -1.64. The number of hydrogen-bond acceptors (Lipinski definition) is 5. The standard InChI is InChI=1S/C12H18N4O3S/c1-3-13-8-11-12(9(2)15-16-11)20(17,18)14-7-10-5-4-6-19-10/h4-6,13-14H,3,7-8H2,1-2H3,(H,15,16). The molecule has 8 heteroatoms. The van der Waals surface area contributed by atoms with E-state index in [-0.39, 0.29) is 11.4 Å². The van der Waals surface area contributed by atoms with Crippen LogP contribution in [-0.4, -0.2) is 25.2 Å². The van der Waals surface area contributed by atoms with Crippen LogP contribution in [0, 0.1) is 6.92 Å². The Morgan fingerprint density at radius 1 is 1.40 bits per heavy atom. The molecule has 20 heavy (non-hydrogen) atoms. The summed E-state index contributed by atoms with van der Waals surface area (Å²) in [5.41, 5.74) is 1.00. The van der Waals surface area contributed by atoms with Gasteiger partial charge in [-0.05, 0) is 25.6 Å². The summed E-state index contributed by atoms with van der Waals surface area (Å²) >= 11 is 0. The van der Waals surface area contributed by atoms with Crippen LogP contribution >= 0.6 is 0 Å². The molecule has 0 aliphatic carbocycles. The fraction of sp³-hybridized carbons (Fsp3) is 0.417. The molecule has 0 aliphatic rings. The van der Waals surface area contributed by atoms with E-state index in [2.05, 4.69) is 20.2 Å². The van der Waals surface area contributed by atoms with Gasteiger partial charge in [0, 0.05) is 6.54 Å². The minimum absolute atomic E-state index is 0.112. The molecule has 110 valence electrons. The number of aromatic nitrogens is 2. The highest BCUT2D eigenvalue weighted by Gasteiger charge is 2.24. The number of H-pyrrole nitrogens is 1. The Morgan fingerprint density at radius 3 is 2.85 bits per heavy atom. The first-order valence-electron chi connectivity index (χ1n) is 6.31. The van der Waals surface area contributed by atoms with Gasteiger partial charge < -0.3 is 9.73 Å². The molecule has 0 atom stereocenters. The van der Waals surface area contributed by atoms with Gasteiger partial charge in [0.05, 0.1) is 24.2 Å². The number of nitrogens with zero attached hydrogens (tertiary/aromatic N) is 1. The average Bonchev–Trinajstić information content (AvgIpc) is 3.03. The third-order valence-electron chi connectivity index (χ3n) is 2.79. The van der Waals surface area contributed by atoms with Crippen molar-refractivity contribution in [1.82, 2.24) is 20.2 Å². The highest BCUT2D eigenvalue weighted by molar-refractivity contribution is 7.89. The van der Waals surface area contributed by atoms with Crippen molar-refractivity contribution in [3.8, 4) is 0 Å². The lowest BCUT2D eigenvalue weighted by Crippen LogP contribution is -2.25. The first-order valence-corrected chi connectivity index (χ1v) is 7.79. The zero-order valence-corrected chi connectivity index (χ0v) is 12.3. The van der Waals surface area contributed by atoms with E-state index < -0.39 is 10.0 Å². The first kappa shape index (κ1) is 14.8. The van der Waals surface area contributed by atoms with Gasteiger partial charge in [0.15, 0.2) is 0 Å². The number of sulfonamides is 1. The second-order valence-corrected chi connectivity index (χ2v) is 6.01. The molecule has 0 saturated carbocycles. The Bertz CT molecular complexity index is 646. The van der Waals surface area contributed by atoms with Crippen LogP contribution in [0.4, 0.5) is 0 Å². The van der Waals surface area contributed by atoms with Crippen LogP contribution in [0.15, 0.2) is 27.7 Å². The van der Waals surface area contributed by atoms with E-state index in [0.29, 0.717) is 23.7 Å². The third-order valence-corrected chi connectivity index (χ3v) is 4.39. The summed E-state index contributed by atoms with van der Waals surface area (Å²) in [6.07, 6.45) is 1.50. The molecule has 0 radical (unpaired) electrons. The summed E-state index contributed by atoms with van der Waals surface area (Å²) in [7, 11) is -3.63. The normalized spacial score (nSPS) is 11.9. The molecule has 0 unspecified atom stereocenters. The summed E-state index contributed by atoms with van der Waals surface area (Å²) in [6, 6.07) is 3.42. The average molecular weight is 298 g/mol. The molecule has 3 N–H and O–H groups in total. The van der Waals surface area contributed by atoms with Crippen LogP contribution in [0.1, 0.15) is 24.1 Å².